The highest BCUT2D eigenvalue weighted by Crippen LogP contribution is 2.27. The first kappa shape index (κ1) is 14.4. The van der Waals surface area contributed by atoms with Crippen LogP contribution in [0.25, 0.3) is 10.8 Å². The lowest BCUT2D eigenvalue weighted by atomic mass is 10.3. The van der Waals surface area contributed by atoms with Gasteiger partial charge in [0.25, 0.3) is 5.91 Å². The minimum absolute atomic E-state index is 0.0868. The number of anilines is 1. The van der Waals surface area contributed by atoms with Gasteiger partial charge in [0.15, 0.2) is 10.8 Å². The standard InChI is InChI=1S/C13H15N7OS/c1-4-20(9-5-16-19(3)6-9)13(21)10-8(2)17-12(22-10)11-14-7-15-18-11/h5-7H,4H2,1-3H3,(H,14,15,18). The van der Waals surface area contributed by atoms with Crippen LogP contribution >= 0.6 is 11.3 Å². The van der Waals surface area contributed by atoms with Gasteiger partial charge in [-0.15, -0.1) is 11.3 Å². The van der Waals surface area contributed by atoms with E-state index in [0.717, 1.165) is 5.69 Å². The largest absolute Gasteiger partial charge is 0.305 e. The maximum absolute atomic E-state index is 12.8. The van der Waals surface area contributed by atoms with Crippen molar-refractivity contribution < 1.29 is 4.79 Å². The number of thiazole rings is 1. The quantitative estimate of drug-likeness (QED) is 0.789. The first-order chi connectivity index (χ1) is 10.6. The van der Waals surface area contributed by atoms with Crippen LogP contribution < -0.4 is 4.90 Å². The lowest BCUT2D eigenvalue weighted by Gasteiger charge is -2.18. The first-order valence-corrected chi connectivity index (χ1v) is 7.55. The molecule has 8 nitrogen and oxygen atoms in total. The zero-order valence-electron chi connectivity index (χ0n) is 12.4. The molecule has 3 rings (SSSR count). The number of H-pyrrole nitrogens is 1. The number of aromatic nitrogens is 6. The molecule has 22 heavy (non-hydrogen) atoms. The molecule has 0 atom stereocenters. The molecule has 114 valence electrons. The topological polar surface area (TPSA) is 92.6 Å². The van der Waals surface area contributed by atoms with Gasteiger partial charge in [-0.05, 0) is 13.8 Å². The van der Waals surface area contributed by atoms with Crippen molar-refractivity contribution in [2.45, 2.75) is 13.8 Å². The van der Waals surface area contributed by atoms with Crippen LogP contribution in [-0.4, -0.2) is 42.4 Å². The number of rotatable bonds is 4. The van der Waals surface area contributed by atoms with Crippen LogP contribution in [-0.2, 0) is 7.05 Å². The smallest absolute Gasteiger partial charge is 0.270 e. The predicted molar refractivity (Wildman–Crippen MR) is 82.8 cm³/mol. The van der Waals surface area contributed by atoms with Crippen LogP contribution in [0.3, 0.4) is 0 Å². The first-order valence-electron chi connectivity index (χ1n) is 6.73. The van der Waals surface area contributed by atoms with E-state index >= 15 is 0 Å². The Morgan fingerprint density at radius 2 is 2.32 bits per heavy atom. The van der Waals surface area contributed by atoms with Crippen molar-refractivity contribution in [3.63, 3.8) is 0 Å². The number of hydrogen-bond acceptors (Lipinski definition) is 6. The van der Waals surface area contributed by atoms with E-state index in [9.17, 15) is 4.79 Å². The van der Waals surface area contributed by atoms with Crippen molar-refractivity contribution in [3.05, 3.63) is 29.3 Å². The second-order valence-electron chi connectivity index (χ2n) is 4.69. The molecule has 3 aromatic heterocycles. The van der Waals surface area contributed by atoms with E-state index in [-0.39, 0.29) is 5.91 Å². The third-order valence-corrected chi connectivity index (χ3v) is 4.32. The molecule has 0 radical (unpaired) electrons. The number of nitrogens with one attached hydrogen (secondary N) is 1. The summed E-state index contributed by atoms with van der Waals surface area (Å²) in [5, 5.41) is 11.3. The normalized spacial score (nSPS) is 10.9. The number of nitrogens with zero attached hydrogens (tertiary/aromatic N) is 6. The molecule has 9 heteroatoms. The molecule has 3 heterocycles. The van der Waals surface area contributed by atoms with Crippen molar-refractivity contribution >= 4 is 22.9 Å². The molecule has 1 N–H and O–H groups in total. The Labute approximate surface area is 130 Å². The summed E-state index contributed by atoms with van der Waals surface area (Å²) >= 11 is 1.31. The van der Waals surface area contributed by atoms with Gasteiger partial charge in [-0.1, -0.05) is 0 Å². The molecule has 0 spiro atoms. The van der Waals surface area contributed by atoms with Crippen molar-refractivity contribution in [1.82, 2.24) is 29.9 Å². The van der Waals surface area contributed by atoms with Crippen molar-refractivity contribution in [2.24, 2.45) is 7.05 Å². The van der Waals surface area contributed by atoms with Gasteiger partial charge in [0.2, 0.25) is 0 Å². The molecular weight excluding hydrogens is 302 g/mol. The summed E-state index contributed by atoms with van der Waals surface area (Å²) in [6.07, 6.45) is 4.91. The Morgan fingerprint density at radius 1 is 1.50 bits per heavy atom. The number of aryl methyl sites for hydroxylation is 2. The van der Waals surface area contributed by atoms with Crippen molar-refractivity contribution in [3.8, 4) is 10.8 Å². The fourth-order valence-electron chi connectivity index (χ4n) is 2.12. The van der Waals surface area contributed by atoms with E-state index in [4.69, 9.17) is 0 Å². The summed E-state index contributed by atoms with van der Waals surface area (Å²) < 4.78 is 1.67. The monoisotopic (exact) mass is 317 g/mol. The number of amides is 1. The van der Waals surface area contributed by atoms with E-state index in [2.05, 4.69) is 25.3 Å². The van der Waals surface area contributed by atoms with Crippen LogP contribution in [0.2, 0.25) is 0 Å². The van der Waals surface area contributed by atoms with Crippen LogP contribution in [0.5, 0.6) is 0 Å². The third kappa shape index (κ3) is 2.50. The Bertz CT molecular complexity index is 789. The Morgan fingerprint density at radius 3 is 2.91 bits per heavy atom. The van der Waals surface area contributed by atoms with Crippen LogP contribution in [0.15, 0.2) is 18.7 Å². The summed E-state index contributed by atoms with van der Waals surface area (Å²) in [6, 6.07) is 0. The molecule has 0 saturated heterocycles. The van der Waals surface area contributed by atoms with Gasteiger partial charge in [-0.25, -0.2) is 9.97 Å². The number of carbonyl (C=O) groups is 1. The summed E-state index contributed by atoms with van der Waals surface area (Å²) in [4.78, 5) is 23.6. The number of aromatic amines is 1. The summed E-state index contributed by atoms with van der Waals surface area (Å²) in [5.74, 6) is 0.479. The average Bonchev–Trinajstić information content (AvgIpc) is 3.20. The molecule has 0 aliphatic carbocycles. The molecular formula is C13H15N7OS. The van der Waals surface area contributed by atoms with Gasteiger partial charge in [0.05, 0.1) is 17.6 Å². The molecule has 0 saturated carbocycles. The Kier molecular flexibility index (Phi) is 3.72. The highest BCUT2D eigenvalue weighted by Gasteiger charge is 2.23. The molecule has 3 aromatic rings. The minimum Gasteiger partial charge on any atom is -0.305 e. The van der Waals surface area contributed by atoms with E-state index < -0.39 is 0 Å². The minimum atomic E-state index is -0.0868. The maximum Gasteiger partial charge on any atom is 0.270 e. The fraction of sp³-hybridized carbons (Fsp3) is 0.308. The predicted octanol–water partition coefficient (Wildman–Crippen LogP) is 1.64. The average molecular weight is 317 g/mol. The van der Waals surface area contributed by atoms with Crippen molar-refractivity contribution in [2.75, 3.05) is 11.4 Å². The Hall–Kier alpha value is -2.55. The van der Waals surface area contributed by atoms with E-state index in [0.29, 0.717) is 27.9 Å². The van der Waals surface area contributed by atoms with E-state index in [1.54, 1.807) is 15.8 Å². The SMILES string of the molecule is CCN(C(=O)c1sc(-c2ncn[nH]2)nc1C)c1cnn(C)c1. The zero-order valence-corrected chi connectivity index (χ0v) is 13.3. The number of carbonyl (C=O) groups excluding carboxylic acids is 1. The lowest BCUT2D eigenvalue weighted by molar-refractivity contribution is 0.0991. The van der Waals surface area contributed by atoms with Gasteiger partial charge < -0.3 is 4.90 Å². The van der Waals surface area contributed by atoms with Gasteiger partial charge in [0.1, 0.15) is 11.2 Å². The van der Waals surface area contributed by atoms with Crippen LogP contribution in [0.1, 0.15) is 22.3 Å². The molecule has 0 aliphatic heterocycles. The summed E-state index contributed by atoms with van der Waals surface area (Å²) in [7, 11) is 1.82. The van der Waals surface area contributed by atoms with Gasteiger partial charge in [-0.2, -0.15) is 10.2 Å². The molecule has 0 aromatic carbocycles. The van der Waals surface area contributed by atoms with Gasteiger partial charge >= 0.3 is 0 Å². The van der Waals surface area contributed by atoms with E-state index in [1.165, 1.54) is 17.7 Å². The van der Waals surface area contributed by atoms with Gasteiger partial charge in [0, 0.05) is 19.8 Å². The van der Waals surface area contributed by atoms with Crippen molar-refractivity contribution in [1.29, 1.82) is 0 Å². The highest BCUT2D eigenvalue weighted by molar-refractivity contribution is 7.17. The molecule has 0 fully saturated rings. The molecule has 0 unspecified atom stereocenters. The molecule has 0 aliphatic rings. The second kappa shape index (κ2) is 5.68. The summed E-state index contributed by atoms with van der Waals surface area (Å²) in [5.41, 5.74) is 1.45. The second-order valence-corrected chi connectivity index (χ2v) is 5.69. The van der Waals surface area contributed by atoms with Crippen LogP contribution in [0.4, 0.5) is 5.69 Å². The summed E-state index contributed by atoms with van der Waals surface area (Å²) in [6.45, 7) is 4.30. The molecule has 1 amide bonds. The molecule has 0 bridgehead atoms. The maximum atomic E-state index is 12.8. The highest BCUT2D eigenvalue weighted by atomic mass is 32.1. The van der Waals surface area contributed by atoms with E-state index in [1.807, 2.05) is 27.1 Å². The van der Waals surface area contributed by atoms with Gasteiger partial charge in [-0.3, -0.25) is 14.6 Å². The lowest BCUT2D eigenvalue weighted by Crippen LogP contribution is -2.30. The fourth-order valence-corrected chi connectivity index (χ4v) is 3.08. The third-order valence-electron chi connectivity index (χ3n) is 3.17. The van der Waals surface area contributed by atoms with Crippen LogP contribution in [0, 0.1) is 6.92 Å². The Balaban J connectivity index is 1.94. The zero-order chi connectivity index (χ0) is 15.7. The number of hydrogen-bond donors (Lipinski definition) is 1.